The monoisotopic (exact) mass is 322 g/mol. The lowest BCUT2D eigenvalue weighted by Gasteiger charge is -2.23. The van der Waals surface area contributed by atoms with E-state index in [-0.39, 0.29) is 31.3 Å². The molecule has 2 atom stereocenters. The van der Waals surface area contributed by atoms with E-state index in [1.807, 2.05) is 19.1 Å². The molecule has 1 aliphatic rings. The van der Waals surface area contributed by atoms with Gasteiger partial charge in [0.1, 0.15) is 12.8 Å². The lowest BCUT2D eigenvalue weighted by Crippen LogP contribution is -2.34. The first-order chi connectivity index (χ1) is 9.78. The molecule has 1 amide bonds. The van der Waals surface area contributed by atoms with Crippen LogP contribution in [0.3, 0.4) is 0 Å². The fraction of sp³-hybridized carbons (Fsp3) is 0.615. The number of amides is 1. The van der Waals surface area contributed by atoms with Crippen LogP contribution in [-0.4, -0.2) is 42.8 Å². The zero-order valence-corrected chi connectivity index (χ0v) is 12.6. The van der Waals surface area contributed by atoms with Crippen LogP contribution in [0, 0.1) is 6.92 Å². The van der Waals surface area contributed by atoms with Crippen LogP contribution in [0.4, 0.5) is 13.2 Å². The highest BCUT2D eigenvalue weighted by molar-refractivity contribution is 7.12. The molecule has 118 valence electrons. The molecule has 1 fully saturated rings. The highest BCUT2D eigenvalue weighted by Crippen LogP contribution is 2.30. The number of nitrogens with one attached hydrogen (secondary N) is 1. The Morgan fingerprint density at radius 2 is 2.14 bits per heavy atom. The second kappa shape index (κ2) is 6.33. The quantitative estimate of drug-likeness (QED) is 0.847. The van der Waals surface area contributed by atoms with Crippen molar-refractivity contribution in [1.29, 1.82) is 0 Å². The van der Waals surface area contributed by atoms with E-state index in [9.17, 15) is 18.0 Å². The third kappa shape index (κ3) is 4.18. The molecule has 4 nitrogen and oxygen atoms in total. The van der Waals surface area contributed by atoms with Crippen LogP contribution in [-0.2, 0) is 9.53 Å². The SMILES string of the molecule is Cc1ccc(C2NC(C)C(=O)N2CCOCC(F)(F)F)s1. The summed E-state index contributed by atoms with van der Waals surface area (Å²) in [6, 6.07) is 3.53. The van der Waals surface area contributed by atoms with Crippen LogP contribution < -0.4 is 5.32 Å². The van der Waals surface area contributed by atoms with Crippen LogP contribution in [0.2, 0.25) is 0 Å². The van der Waals surface area contributed by atoms with Gasteiger partial charge in [0.05, 0.1) is 12.6 Å². The average molecular weight is 322 g/mol. The molecule has 8 heteroatoms. The van der Waals surface area contributed by atoms with Gasteiger partial charge in [-0.05, 0) is 26.0 Å². The first-order valence-corrected chi connectivity index (χ1v) is 7.37. The molecule has 0 bridgehead atoms. The van der Waals surface area contributed by atoms with Crippen molar-refractivity contribution in [2.24, 2.45) is 0 Å². The molecule has 0 saturated carbocycles. The minimum absolute atomic E-state index is 0.123. The Morgan fingerprint density at radius 1 is 1.43 bits per heavy atom. The summed E-state index contributed by atoms with van der Waals surface area (Å²) in [6.45, 7) is 2.41. The summed E-state index contributed by atoms with van der Waals surface area (Å²) in [4.78, 5) is 15.7. The largest absolute Gasteiger partial charge is 0.411 e. The number of halogens is 3. The number of ether oxygens (including phenoxy) is 1. The maximum Gasteiger partial charge on any atom is 0.411 e. The molecule has 21 heavy (non-hydrogen) atoms. The molecular weight excluding hydrogens is 305 g/mol. The minimum Gasteiger partial charge on any atom is -0.370 e. The summed E-state index contributed by atoms with van der Waals surface area (Å²) >= 11 is 1.56. The Hall–Kier alpha value is -1.12. The molecule has 1 N–H and O–H groups in total. The summed E-state index contributed by atoms with van der Waals surface area (Å²) in [6.07, 6.45) is -4.63. The number of hydrogen-bond acceptors (Lipinski definition) is 4. The number of carbonyl (C=O) groups is 1. The van der Waals surface area contributed by atoms with E-state index in [1.165, 1.54) is 4.90 Å². The van der Waals surface area contributed by atoms with Crippen molar-refractivity contribution < 1.29 is 22.7 Å². The molecule has 1 aliphatic heterocycles. The molecule has 2 heterocycles. The van der Waals surface area contributed by atoms with Gasteiger partial charge in [-0.1, -0.05) is 0 Å². The van der Waals surface area contributed by atoms with Crippen LogP contribution in [0.25, 0.3) is 0 Å². The van der Waals surface area contributed by atoms with Gasteiger partial charge in [0, 0.05) is 16.3 Å². The predicted octanol–water partition coefficient (Wildman–Crippen LogP) is 2.45. The van der Waals surface area contributed by atoms with Gasteiger partial charge in [0.25, 0.3) is 0 Å². The third-order valence-electron chi connectivity index (χ3n) is 3.15. The maximum atomic E-state index is 12.1. The Morgan fingerprint density at radius 3 is 2.71 bits per heavy atom. The minimum atomic E-state index is -4.34. The lowest BCUT2D eigenvalue weighted by molar-refractivity contribution is -0.175. The molecule has 0 aliphatic carbocycles. The summed E-state index contributed by atoms with van der Waals surface area (Å²) in [5, 5.41) is 3.15. The van der Waals surface area contributed by atoms with E-state index in [1.54, 1.807) is 18.3 Å². The zero-order valence-electron chi connectivity index (χ0n) is 11.7. The topological polar surface area (TPSA) is 41.6 Å². The van der Waals surface area contributed by atoms with Gasteiger partial charge < -0.3 is 9.64 Å². The van der Waals surface area contributed by atoms with Crippen molar-refractivity contribution in [3.63, 3.8) is 0 Å². The fourth-order valence-corrected chi connectivity index (χ4v) is 3.15. The number of hydrogen-bond donors (Lipinski definition) is 1. The molecule has 1 aromatic rings. The van der Waals surface area contributed by atoms with Gasteiger partial charge in [-0.2, -0.15) is 13.2 Å². The lowest BCUT2D eigenvalue weighted by atomic mass is 10.3. The predicted molar refractivity (Wildman–Crippen MR) is 73.0 cm³/mol. The Kier molecular flexibility index (Phi) is 4.90. The fourth-order valence-electron chi connectivity index (χ4n) is 2.20. The molecule has 0 radical (unpaired) electrons. The smallest absolute Gasteiger partial charge is 0.370 e. The highest BCUT2D eigenvalue weighted by atomic mass is 32.1. The number of aryl methyl sites for hydroxylation is 1. The van der Waals surface area contributed by atoms with Crippen LogP contribution >= 0.6 is 11.3 Å². The summed E-state index contributed by atoms with van der Waals surface area (Å²) in [7, 11) is 0. The second-order valence-electron chi connectivity index (χ2n) is 4.94. The van der Waals surface area contributed by atoms with Gasteiger partial charge in [-0.3, -0.25) is 10.1 Å². The molecule has 0 spiro atoms. The summed E-state index contributed by atoms with van der Waals surface area (Å²) < 4.78 is 40.7. The number of rotatable bonds is 5. The van der Waals surface area contributed by atoms with E-state index in [0.29, 0.717) is 0 Å². The normalized spacial score (nSPS) is 23.1. The van der Waals surface area contributed by atoms with Crippen molar-refractivity contribution in [3.8, 4) is 0 Å². The first-order valence-electron chi connectivity index (χ1n) is 6.55. The second-order valence-corrected chi connectivity index (χ2v) is 6.26. The van der Waals surface area contributed by atoms with E-state index in [2.05, 4.69) is 10.1 Å². The van der Waals surface area contributed by atoms with E-state index in [0.717, 1.165) is 9.75 Å². The van der Waals surface area contributed by atoms with Gasteiger partial charge in [-0.25, -0.2) is 0 Å². The van der Waals surface area contributed by atoms with Crippen LogP contribution in [0.5, 0.6) is 0 Å². The Bertz CT molecular complexity index is 504. The standard InChI is InChI=1S/C13H17F3N2O2S/c1-8-3-4-10(21-8)11-17-9(2)12(19)18(11)5-6-20-7-13(14,15)16/h3-4,9,11,17H,5-7H2,1-2H3. The summed E-state index contributed by atoms with van der Waals surface area (Å²) in [5.41, 5.74) is 0. The third-order valence-corrected chi connectivity index (χ3v) is 4.20. The van der Waals surface area contributed by atoms with Crippen molar-refractivity contribution in [2.45, 2.75) is 32.2 Å². The van der Waals surface area contributed by atoms with Gasteiger partial charge in [0.2, 0.25) is 5.91 Å². The molecular formula is C13H17F3N2O2S. The molecule has 2 unspecified atom stereocenters. The average Bonchev–Trinajstić information content (AvgIpc) is 2.91. The van der Waals surface area contributed by atoms with E-state index in [4.69, 9.17) is 0 Å². The maximum absolute atomic E-state index is 12.1. The van der Waals surface area contributed by atoms with Gasteiger partial charge >= 0.3 is 6.18 Å². The van der Waals surface area contributed by atoms with Crippen molar-refractivity contribution in [1.82, 2.24) is 10.2 Å². The van der Waals surface area contributed by atoms with Crippen molar-refractivity contribution >= 4 is 17.2 Å². The van der Waals surface area contributed by atoms with E-state index < -0.39 is 12.8 Å². The summed E-state index contributed by atoms with van der Waals surface area (Å²) in [5.74, 6) is -0.123. The van der Waals surface area contributed by atoms with Gasteiger partial charge in [0.15, 0.2) is 0 Å². The van der Waals surface area contributed by atoms with Crippen molar-refractivity contribution in [2.75, 3.05) is 19.8 Å². The number of nitrogens with zero attached hydrogens (tertiary/aromatic N) is 1. The number of carbonyl (C=O) groups excluding carboxylic acids is 1. The molecule has 1 aromatic heterocycles. The molecule has 2 rings (SSSR count). The van der Waals surface area contributed by atoms with Crippen LogP contribution in [0.15, 0.2) is 12.1 Å². The number of alkyl halides is 3. The van der Waals surface area contributed by atoms with E-state index >= 15 is 0 Å². The van der Waals surface area contributed by atoms with Crippen molar-refractivity contribution in [3.05, 3.63) is 21.9 Å². The van der Waals surface area contributed by atoms with Gasteiger partial charge in [-0.15, -0.1) is 11.3 Å². The first kappa shape index (κ1) is 16.3. The zero-order chi connectivity index (χ0) is 15.6. The Balaban J connectivity index is 1.96. The van der Waals surface area contributed by atoms with Crippen LogP contribution in [0.1, 0.15) is 22.8 Å². The molecule has 0 aromatic carbocycles. The highest BCUT2D eigenvalue weighted by Gasteiger charge is 2.37. The number of thiophene rings is 1. The molecule has 1 saturated heterocycles. The Labute approximate surface area is 124 Å².